The van der Waals surface area contributed by atoms with E-state index < -0.39 is 5.60 Å². The first-order valence-corrected chi connectivity index (χ1v) is 9.91. The Morgan fingerprint density at radius 3 is 2.63 bits per heavy atom. The highest BCUT2D eigenvalue weighted by atomic mass is 35.5. The van der Waals surface area contributed by atoms with Gasteiger partial charge in [-0.1, -0.05) is 35.3 Å². The van der Waals surface area contributed by atoms with Crippen molar-refractivity contribution in [1.82, 2.24) is 10.8 Å². The van der Waals surface area contributed by atoms with Gasteiger partial charge in [0.2, 0.25) is 0 Å². The van der Waals surface area contributed by atoms with E-state index in [9.17, 15) is 0 Å². The van der Waals surface area contributed by atoms with Gasteiger partial charge in [-0.2, -0.15) is 0 Å². The van der Waals surface area contributed by atoms with Gasteiger partial charge >= 0.3 is 0 Å². The molecule has 2 aromatic carbocycles. The first-order valence-electron chi connectivity index (χ1n) is 9.15. The largest absolute Gasteiger partial charge is 0.477 e. The molecular formula is C21H22Cl2N2O2. The lowest BCUT2D eigenvalue weighted by molar-refractivity contribution is 0.0736. The summed E-state index contributed by atoms with van der Waals surface area (Å²) in [7, 11) is 1.96. The molecule has 2 aromatic rings. The molecule has 1 saturated carbocycles. The minimum Gasteiger partial charge on any atom is -0.477 e. The number of fused-ring (bicyclic) bond motifs is 2. The van der Waals surface area contributed by atoms with Crippen LogP contribution in [0.3, 0.4) is 0 Å². The molecule has 27 heavy (non-hydrogen) atoms. The van der Waals surface area contributed by atoms with E-state index in [2.05, 4.69) is 10.8 Å². The molecule has 1 heterocycles. The Labute approximate surface area is 169 Å². The predicted molar refractivity (Wildman–Crippen MR) is 109 cm³/mol. The Morgan fingerprint density at radius 2 is 1.85 bits per heavy atom. The van der Waals surface area contributed by atoms with E-state index in [1.807, 2.05) is 49.5 Å². The lowest BCUT2D eigenvalue weighted by Crippen LogP contribution is -2.24. The van der Waals surface area contributed by atoms with Crippen LogP contribution in [0.4, 0.5) is 0 Å². The third kappa shape index (κ3) is 3.67. The molecule has 0 radical (unpaired) electrons. The first-order chi connectivity index (χ1) is 13.1. The second-order valence-corrected chi connectivity index (χ2v) is 7.74. The fraction of sp³-hybridized carbons (Fsp3) is 0.333. The second kappa shape index (κ2) is 7.72. The molecule has 6 heteroatoms. The summed E-state index contributed by atoms with van der Waals surface area (Å²) in [4.78, 5) is 5.76. The summed E-state index contributed by atoms with van der Waals surface area (Å²) < 4.78 is 6.40. The summed E-state index contributed by atoms with van der Waals surface area (Å²) in [5.41, 5.74) is 6.96. The van der Waals surface area contributed by atoms with Crippen molar-refractivity contribution in [3.8, 4) is 5.75 Å². The van der Waals surface area contributed by atoms with Crippen LogP contribution in [0.2, 0.25) is 10.0 Å². The minimum absolute atomic E-state index is 0.458. The molecule has 1 unspecified atom stereocenters. The smallest absolute Gasteiger partial charge is 0.162 e. The van der Waals surface area contributed by atoms with E-state index in [-0.39, 0.29) is 0 Å². The van der Waals surface area contributed by atoms with Crippen LogP contribution in [0.15, 0.2) is 48.0 Å². The normalized spacial score (nSPS) is 20.0. The van der Waals surface area contributed by atoms with Gasteiger partial charge in [-0.25, -0.2) is 0 Å². The summed E-state index contributed by atoms with van der Waals surface area (Å²) in [6.07, 6.45) is 2.88. The molecule has 1 atom stereocenters. The fourth-order valence-electron chi connectivity index (χ4n) is 3.50. The standard InChI is InChI=1S/C21H22Cl2N2O2/c1-24-10-2-3-11-26-25-20-17-9-8-16(23)12-19(17)27-21(13-18(20)21)14-4-6-15(22)7-5-14/h4-9,12,24-25H,2-3,10-11,13H2,1H3. The Balaban J connectivity index is 1.59. The van der Waals surface area contributed by atoms with Gasteiger partial charge in [-0.05, 0) is 56.8 Å². The number of rotatable bonds is 8. The van der Waals surface area contributed by atoms with Crippen LogP contribution in [0, 0.1) is 0 Å². The number of ether oxygens (including phenoxy) is 1. The zero-order valence-electron chi connectivity index (χ0n) is 15.1. The molecule has 0 aromatic heterocycles. The van der Waals surface area contributed by atoms with Gasteiger partial charge < -0.3 is 10.1 Å². The molecule has 1 aliphatic carbocycles. The summed E-state index contributed by atoms with van der Waals surface area (Å²) >= 11 is 12.3. The Kier molecular flexibility index (Phi) is 5.33. The Morgan fingerprint density at radius 1 is 1.07 bits per heavy atom. The molecule has 4 nitrogen and oxygen atoms in total. The molecule has 2 aliphatic rings. The van der Waals surface area contributed by atoms with Crippen LogP contribution < -0.4 is 15.5 Å². The maximum Gasteiger partial charge on any atom is 0.162 e. The monoisotopic (exact) mass is 404 g/mol. The van der Waals surface area contributed by atoms with Crippen molar-refractivity contribution >= 4 is 28.9 Å². The number of hydrogen-bond acceptors (Lipinski definition) is 4. The molecule has 142 valence electrons. The summed E-state index contributed by atoms with van der Waals surface area (Å²) in [5, 5.41) is 4.50. The lowest BCUT2D eigenvalue weighted by atomic mass is 10.0. The van der Waals surface area contributed by atoms with E-state index in [0.29, 0.717) is 16.7 Å². The van der Waals surface area contributed by atoms with Crippen LogP contribution in [0.1, 0.15) is 30.4 Å². The van der Waals surface area contributed by atoms with Crippen LogP contribution in [0.5, 0.6) is 5.75 Å². The van der Waals surface area contributed by atoms with Gasteiger partial charge in [-0.15, -0.1) is 0 Å². The van der Waals surface area contributed by atoms with E-state index in [4.69, 9.17) is 32.8 Å². The highest BCUT2D eigenvalue weighted by molar-refractivity contribution is 6.31. The van der Waals surface area contributed by atoms with Crippen molar-refractivity contribution in [3.63, 3.8) is 0 Å². The molecule has 0 amide bonds. The number of nitrogens with one attached hydrogen (secondary N) is 2. The van der Waals surface area contributed by atoms with E-state index in [1.54, 1.807) is 0 Å². The van der Waals surface area contributed by atoms with Crippen LogP contribution >= 0.6 is 23.2 Å². The molecule has 2 N–H and O–H groups in total. The SMILES string of the molecule is CNCCCCONC1=C2CC2(c2ccc(Cl)cc2)Oc2cc(Cl)ccc21. The van der Waals surface area contributed by atoms with Gasteiger partial charge in [0.05, 0.1) is 12.3 Å². The molecule has 0 bridgehead atoms. The van der Waals surface area contributed by atoms with Gasteiger partial charge in [-0.3, -0.25) is 10.3 Å². The van der Waals surface area contributed by atoms with Crippen molar-refractivity contribution < 1.29 is 9.57 Å². The molecule has 1 fully saturated rings. The molecule has 1 aliphatic heterocycles. The number of hydrogen-bond donors (Lipinski definition) is 2. The quantitative estimate of drug-likeness (QED) is 0.484. The van der Waals surface area contributed by atoms with E-state index in [1.165, 1.54) is 5.57 Å². The topological polar surface area (TPSA) is 42.5 Å². The average molecular weight is 405 g/mol. The Hall–Kier alpha value is -1.72. The zero-order chi connectivity index (χ0) is 18.9. The molecule has 0 saturated heterocycles. The molecule has 0 spiro atoms. The van der Waals surface area contributed by atoms with E-state index >= 15 is 0 Å². The highest BCUT2D eigenvalue weighted by Gasteiger charge is 2.58. The maximum atomic E-state index is 6.40. The van der Waals surface area contributed by atoms with Crippen molar-refractivity contribution in [2.75, 3.05) is 20.2 Å². The average Bonchev–Trinajstić information content (AvgIpc) is 3.39. The van der Waals surface area contributed by atoms with Gasteiger partial charge in [0.25, 0.3) is 0 Å². The summed E-state index contributed by atoms with van der Waals surface area (Å²) in [6.45, 7) is 1.64. The maximum absolute atomic E-state index is 6.40. The highest BCUT2D eigenvalue weighted by Crippen LogP contribution is 2.61. The second-order valence-electron chi connectivity index (χ2n) is 6.87. The van der Waals surface area contributed by atoms with E-state index in [0.717, 1.165) is 48.4 Å². The molecular weight excluding hydrogens is 383 g/mol. The summed E-state index contributed by atoms with van der Waals surface area (Å²) in [5.74, 6) is 0.764. The predicted octanol–water partition coefficient (Wildman–Crippen LogP) is 4.92. The fourth-order valence-corrected chi connectivity index (χ4v) is 3.79. The third-order valence-corrected chi connectivity index (χ3v) is 5.48. The lowest BCUT2D eigenvalue weighted by Gasteiger charge is -2.26. The van der Waals surface area contributed by atoms with Gasteiger partial charge in [0.1, 0.15) is 5.75 Å². The number of hydroxylamine groups is 1. The minimum atomic E-state index is -0.458. The van der Waals surface area contributed by atoms with Gasteiger partial charge in [0.15, 0.2) is 5.60 Å². The van der Waals surface area contributed by atoms with Crippen molar-refractivity contribution in [1.29, 1.82) is 0 Å². The molecule has 4 rings (SSSR count). The van der Waals surface area contributed by atoms with Crippen LogP contribution in [0.25, 0.3) is 5.70 Å². The van der Waals surface area contributed by atoms with Crippen molar-refractivity contribution in [2.24, 2.45) is 0 Å². The number of unbranched alkanes of at least 4 members (excludes halogenated alkanes) is 1. The zero-order valence-corrected chi connectivity index (χ0v) is 16.7. The Bertz CT molecular complexity index is 867. The van der Waals surface area contributed by atoms with Crippen molar-refractivity contribution in [2.45, 2.75) is 24.9 Å². The number of halogens is 2. The first kappa shape index (κ1) is 18.6. The number of benzene rings is 2. The third-order valence-electron chi connectivity index (χ3n) is 5.00. The summed E-state index contributed by atoms with van der Waals surface area (Å²) in [6, 6.07) is 13.5. The van der Waals surface area contributed by atoms with Crippen LogP contribution in [-0.2, 0) is 10.4 Å². The van der Waals surface area contributed by atoms with Crippen LogP contribution in [-0.4, -0.2) is 20.2 Å². The van der Waals surface area contributed by atoms with Gasteiger partial charge in [0, 0.05) is 33.2 Å². The van der Waals surface area contributed by atoms with Crippen molar-refractivity contribution in [3.05, 3.63) is 69.2 Å².